The molecule has 5 rings (SSSR count). The average molecular weight is 476 g/mol. The van der Waals surface area contributed by atoms with Crippen molar-refractivity contribution in [3.05, 3.63) is 77.1 Å². The number of nitriles is 1. The molecule has 1 aliphatic rings. The summed E-state index contributed by atoms with van der Waals surface area (Å²) in [5.41, 5.74) is 4.00. The zero-order valence-electron chi connectivity index (χ0n) is 18.4. The maximum absolute atomic E-state index is 12.6. The molecule has 0 bridgehead atoms. The van der Waals surface area contributed by atoms with E-state index in [4.69, 9.17) is 16.6 Å². The molecule has 0 unspecified atom stereocenters. The molecule has 8 heteroatoms. The van der Waals surface area contributed by atoms with Crippen molar-refractivity contribution in [1.29, 1.82) is 5.26 Å². The Hall–Kier alpha value is -3.13. The molecule has 0 radical (unpaired) electrons. The molecule has 6 nitrogen and oxygen atoms in total. The van der Waals surface area contributed by atoms with Crippen molar-refractivity contribution < 1.29 is 4.57 Å². The fourth-order valence-corrected chi connectivity index (χ4v) is 5.91. The van der Waals surface area contributed by atoms with Gasteiger partial charge in [-0.05, 0) is 67.6 Å². The van der Waals surface area contributed by atoms with E-state index in [0.717, 1.165) is 47.0 Å². The van der Waals surface area contributed by atoms with E-state index >= 15 is 0 Å². The van der Waals surface area contributed by atoms with Gasteiger partial charge in [0.25, 0.3) is 0 Å². The number of hydrogen-bond donors (Lipinski definition) is 0. The molecule has 166 valence electrons. The van der Waals surface area contributed by atoms with E-state index in [2.05, 4.69) is 22.1 Å². The Morgan fingerprint density at radius 3 is 2.79 bits per heavy atom. The normalized spacial score (nSPS) is 16.3. The van der Waals surface area contributed by atoms with Gasteiger partial charge in [-0.3, -0.25) is 0 Å². The summed E-state index contributed by atoms with van der Waals surface area (Å²) in [6, 6.07) is 17.9. The minimum absolute atomic E-state index is 0.220. The van der Waals surface area contributed by atoms with Crippen molar-refractivity contribution in [1.82, 2.24) is 14.6 Å². The Labute approximate surface area is 197 Å². The third kappa shape index (κ3) is 4.04. The van der Waals surface area contributed by atoms with Gasteiger partial charge >= 0.3 is 0 Å². The van der Waals surface area contributed by atoms with Crippen LogP contribution in [-0.4, -0.2) is 34.5 Å². The summed E-state index contributed by atoms with van der Waals surface area (Å²) in [6.07, 6.45) is 5.80. The van der Waals surface area contributed by atoms with E-state index in [1.54, 1.807) is 36.2 Å². The fraction of sp³-hybridized carbons (Fsp3) is 0.240. The van der Waals surface area contributed by atoms with Crippen LogP contribution in [0.3, 0.4) is 0 Å². The zero-order chi connectivity index (χ0) is 23.2. The lowest BCUT2D eigenvalue weighted by atomic mass is 10.0. The smallest absolute Gasteiger partial charge is 0.165 e. The minimum Gasteiger partial charge on any atom is -0.349 e. The van der Waals surface area contributed by atoms with Crippen LogP contribution in [0, 0.1) is 11.3 Å². The maximum Gasteiger partial charge on any atom is 0.165 e. The highest BCUT2D eigenvalue weighted by Gasteiger charge is 2.28. The largest absolute Gasteiger partial charge is 0.349 e. The van der Waals surface area contributed by atoms with Crippen LogP contribution < -0.4 is 10.2 Å². The van der Waals surface area contributed by atoms with Gasteiger partial charge in [-0.2, -0.15) is 10.4 Å². The predicted octanol–water partition coefficient (Wildman–Crippen LogP) is 5.51. The molecular formula is C25H23ClN5OP. The molecule has 1 saturated heterocycles. The first kappa shape index (κ1) is 21.7. The van der Waals surface area contributed by atoms with Crippen molar-refractivity contribution in [3.8, 4) is 17.2 Å². The molecule has 4 aromatic rings. The lowest BCUT2D eigenvalue weighted by Crippen LogP contribution is -2.23. The first-order valence-corrected chi connectivity index (χ1v) is 13.8. The minimum atomic E-state index is -2.55. The number of halogens is 1. The molecule has 0 aliphatic carbocycles. The summed E-state index contributed by atoms with van der Waals surface area (Å²) in [5.74, 6) is 0.885. The summed E-state index contributed by atoms with van der Waals surface area (Å²) in [5, 5.41) is 15.4. The Balaban J connectivity index is 1.56. The predicted molar refractivity (Wildman–Crippen MR) is 133 cm³/mol. The van der Waals surface area contributed by atoms with E-state index in [9.17, 15) is 9.83 Å². The first-order valence-electron chi connectivity index (χ1n) is 10.8. The van der Waals surface area contributed by atoms with Gasteiger partial charge in [0, 0.05) is 28.6 Å². The number of aromatic nitrogens is 3. The van der Waals surface area contributed by atoms with Gasteiger partial charge in [-0.25, -0.2) is 9.50 Å². The Morgan fingerprint density at radius 1 is 1.18 bits per heavy atom. The monoisotopic (exact) mass is 475 g/mol. The van der Waals surface area contributed by atoms with Crippen molar-refractivity contribution in [2.24, 2.45) is 0 Å². The lowest BCUT2D eigenvalue weighted by molar-refractivity contribution is 0.588. The third-order valence-electron chi connectivity index (χ3n) is 6.14. The van der Waals surface area contributed by atoms with Gasteiger partial charge in [0.05, 0.1) is 23.9 Å². The summed E-state index contributed by atoms with van der Waals surface area (Å²) >= 11 is 6.25. The van der Waals surface area contributed by atoms with E-state index < -0.39 is 7.14 Å². The lowest BCUT2D eigenvalue weighted by Gasteiger charge is -2.26. The Kier molecular flexibility index (Phi) is 5.48. The van der Waals surface area contributed by atoms with Gasteiger partial charge in [-0.15, -0.1) is 0 Å². The van der Waals surface area contributed by atoms with Crippen molar-refractivity contribution in [2.45, 2.75) is 18.9 Å². The molecule has 33 heavy (non-hydrogen) atoms. The molecule has 0 N–H and O–H groups in total. The molecule has 1 fully saturated rings. The molecule has 2 aromatic carbocycles. The van der Waals surface area contributed by atoms with Crippen LogP contribution in [0.5, 0.6) is 0 Å². The average Bonchev–Trinajstić information content (AvgIpc) is 3.45. The van der Waals surface area contributed by atoms with Crippen LogP contribution in [0.25, 0.3) is 16.8 Å². The molecular weight excluding hydrogens is 453 g/mol. The summed E-state index contributed by atoms with van der Waals surface area (Å²) in [4.78, 5) is 7.29. The van der Waals surface area contributed by atoms with Gasteiger partial charge in [0.2, 0.25) is 0 Å². The number of fused-ring (bicyclic) bond motifs is 1. The van der Waals surface area contributed by atoms with Crippen molar-refractivity contribution >= 4 is 35.5 Å². The van der Waals surface area contributed by atoms with Crippen molar-refractivity contribution in [3.63, 3.8) is 0 Å². The topological polar surface area (TPSA) is 74.3 Å². The van der Waals surface area contributed by atoms with E-state index in [0.29, 0.717) is 10.9 Å². The van der Waals surface area contributed by atoms with Crippen LogP contribution in [0.15, 0.2) is 60.9 Å². The standard InChI is InChI=1S/C25H23ClN5OP/c1-33(2,32)23-9-8-17(13-19(23)15-27)21-16-28-31-12-10-24(29-25(21)31)30-11-4-7-22(30)18-5-3-6-20(26)14-18/h3,5-6,8-10,12-14,16,22H,4,7,11H2,1-2H3/t22-/m1/s1. The quantitative estimate of drug-likeness (QED) is 0.364. The fourth-order valence-electron chi connectivity index (χ4n) is 4.59. The van der Waals surface area contributed by atoms with Gasteiger partial charge in [0.1, 0.15) is 13.0 Å². The second-order valence-electron chi connectivity index (χ2n) is 8.71. The number of hydrogen-bond acceptors (Lipinski definition) is 5. The Bertz CT molecular complexity index is 1450. The van der Waals surface area contributed by atoms with Crippen molar-refractivity contribution in [2.75, 3.05) is 24.8 Å². The molecule has 0 amide bonds. The molecule has 1 aliphatic heterocycles. The van der Waals surface area contributed by atoms with Gasteiger partial charge in [-0.1, -0.05) is 29.8 Å². The van der Waals surface area contributed by atoms with Crippen LogP contribution >= 0.6 is 18.7 Å². The second-order valence-corrected chi connectivity index (χ2v) is 12.3. The third-order valence-corrected chi connectivity index (χ3v) is 7.93. The summed E-state index contributed by atoms with van der Waals surface area (Å²) in [7, 11) is -2.55. The number of benzene rings is 2. The van der Waals surface area contributed by atoms with Crippen LogP contribution in [0.1, 0.15) is 30.0 Å². The van der Waals surface area contributed by atoms with Gasteiger partial charge in [0.15, 0.2) is 5.65 Å². The van der Waals surface area contributed by atoms with Crippen LogP contribution in [-0.2, 0) is 4.57 Å². The molecule has 3 heterocycles. The first-order chi connectivity index (χ1) is 15.8. The summed E-state index contributed by atoms with van der Waals surface area (Å²) in [6.45, 7) is 4.27. The van der Waals surface area contributed by atoms with E-state index in [1.807, 2.05) is 36.5 Å². The highest BCUT2D eigenvalue weighted by molar-refractivity contribution is 7.70. The molecule has 2 aromatic heterocycles. The number of nitrogens with zero attached hydrogens (tertiary/aromatic N) is 5. The summed E-state index contributed by atoms with van der Waals surface area (Å²) < 4.78 is 14.3. The highest BCUT2D eigenvalue weighted by atomic mass is 35.5. The Morgan fingerprint density at radius 2 is 2.03 bits per heavy atom. The van der Waals surface area contributed by atoms with Gasteiger partial charge < -0.3 is 9.46 Å². The second kappa shape index (κ2) is 8.33. The molecule has 1 atom stereocenters. The van der Waals surface area contributed by atoms with E-state index in [-0.39, 0.29) is 6.04 Å². The highest BCUT2D eigenvalue weighted by Crippen LogP contribution is 2.38. The number of rotatable bonds is 4. The molecule has 0 spiro atoms. The maximum atomic E-state index is 12.6. The van der Waals surface area contributed by atoms with Crippen LogP contribution in [0.4, 0.5) is 5.82 Å². The zero-order valence-corrected chi connectivity index (χ0v) is 20.1. The SMILES string of the molecule is CP(C)(=O)c1ccc(-c2cnn3ccc(N4CCC[C@@H]4c4cccc(Cl)c4)nc23)cc1C#N. The number of anilines is 1. The van der Waals surface area contributed by atoms with E-state index in [1.165, 1.54) is 5.56 Å². The molecule has 0 saturated carbocycles. The van der Waals surface area contributed by atoms with Crippen LogP contribution in [0.2, 0.25) is 5.02 Å².